The number of carbonyl (C=O) groups excluding carboxylic acids is 1. The smallest absolute Gasteiger partial charge is 0.317 e. The number of fused-ring (bicyclic) bond motifs is 4. The monoisotopic (exact) mass is 461 g/mol. The van der Waals surface area contributed by atoms with Gasteiger partial charge < -0.3 is 20.3 Å². The Kier molecular flexibility index (Phi) is 4.57. The fourth-order valence-corrected chi connectivity index (χ4v) is 6.58. The van der Waals surface area contributed by atoms with Gasteiger partial charge in [0.05, 0.1) is 6.04 Å². The topological polar surface area (TPSA) is 71.4 Å². The molecule has 180 valence electrons. The van der Waals surface area contributed by atoms with Gasteiger partial charge in [-0.25, -0.2) is 4.79 Å². The van der Waals surface area contributed by atoms with Gasteiger partial charge in [-0.3, -0.25) is 4.68 Å². The van der Waals surface area contributed by atoms with Gasteiger partial charge in [-0.1, -0.05) is 12.1 Å². The Morgan fingerprint density at radius 2 is 1.97 bits per heavy atom. The van der Waals surface area contributed by atoms with Gasteiger partial charge in [-0.2, -0.15) is 5.10 Å². The third kappa shape index (κ3) is 3.35. The number of benzene rings is 1. The Hall–Kier alpha value is -2.54. The molecule has 3 aliphatic heterocycles. The van der Waals surface area contributed by atoms with Crippen molar-refractivity contribution in [3.63, 3.8) is 0 Å². The zero-order valence-electron chi connectivity index (χ0n) is 20.1. The van der Waals surface area contributed by atoms with E-state index >= 15 is 0 Å². The largest absolute Gasteiger partial charge is 0.482 e. The Morgan fingerprint density at radius 1 is 1.18 bits per heavy atom. The predicted molar refractivity (Wildman–Crippen MR) is 130 cm³/mol. The number of ether oxygens (including phenoxy) is 1. The third-order valence-corrected chi connectivity index (χ3v) is 8.95. The molecule has 2 aliphatic carbocycles. The van der Waals surface area contributed by atoms with Crippen molar-refractivity contribution in [1.29, 1.82) is 0 Å². The molecule has 5 aliphatic rings. The number of aromatic nitrogens is 2. The number of nitrogens with one attached hydrogen (secondary N) is 2. The number of hydrogen-bond acceptors (Lipinski definition) is 4. The molecule has 4 fully saturated rings. The highest BCUT2D eigenvalue weighted by atomic mass is 16.5. The zero-order chi connectivity index (χ0) is 22.9. The van der Waals surface area contributed by atoms with Crippen LogP contribution < -0.4 is 15.4 Å². The molecule has 1 aromatic heterocycles. The molecule has 0 unspecified atom stereocenters. The molecule has 4 heterocycles. The summed E-state index contributed by atoms with van der Waals surface area (Å²) in [5.74, 6) is 1.62. The van der Waals surface area contributed by atoms with E-state index in [2.05, 4.69) is 40.4 Å². The van der Waals surface area contributed by atoms with Crippen molar-refractivity contribution in [1.82, 2.24) is 25.3 Å². The normalized spacial score (nSPS) is 26.0. The minimum absolute atomic E-state index is 0.0787. The van der Waals surface area contributed by atoms with Gasteiger partial charge >= 0.3 is 6.03 Å². The molecule has 7 nitrogen and oxygen atoms in total. The van der Waals surface area contributed by atoms with Crippen LogP contribution in [0.2, 0.25) is 0 Å². The second-order valence-corrected chi connectivity index (χ2v) is 11.3. The minimum atomic E-state index is -0.413. The van der Waals surface area contributed by atoms with Crippen LogP contribution in [-0.4, -0.2) is 52.4 Å². The molecule has 1 atom stereocenters. The standard InChI is InChI=1S/C27H35N5O2/c1-18-23-24(30-32(18)20-8-13-29-26(16-20)9-10-26)21-4-2-3-5-22(21)34-27(23)11-14-31(15-12-27)25(33)28-17-19-6-7-19/h2-5,19-20,29H,6-17H2,1H3,(H,28,33)/t20-/m1/s1. The number of amides is 2. The molecule has 0 bridgehead atoms. The number of hydrogen-bond donors (Lipinski definition) is 2. The SMILES string of the molecule is Cc1c2c(nn1[C@@H]1CCNC3(CC3)C1)-c1ccccc1OC21CCN(C(=O)NCC2CC2)CC1. The van der Waals surface area contributed by atoms with E-state index in [4.69, 9.17) is 9.84 Å². The lowest BCUT2D eigenvalue weighted by Crippen LogP contribution is -2.51. The van der Waals surface area contributed by atoms with Gasteiger partial charge in [-0.15, -0.1) is 0 Å². The lowest BCUT2D eigenvalue weighted by Gasteiger charge is -2.44. The highest BCUT2D eigenvalue weighted by molar-refractivity contribution is 5.76. The molecule has 2 spiro atoms. The van der Waals surface area contributed by atoms with Gasteiger partial charge in [0.1, 0.15) is 17.0 Å². The number of nitrogens with zero attached hydrogens (tertiary/aromatic N) is 3. The fourth-order valence-electron chi connectivity index (χ4n) is 6.58. The molecule has 2 saturated carbocycles. The molecule has 7 heteroatoms. The summed E-state index contributed by atoms with van der Waals surface area (Å²) >= 11 is 0. The van der Waals surface area contributed by atoms with Crippen molar-refractivity contribution in [2.75, 3.05) is 26.2 Å². The zero-order valence-corrected chi connectivity index (χ0v) is 20.1. The van der Waals surface area contributed by atoms with E-state index in [0.29, 0.717) is 30.6 Å². The molecular formula is C27H35N5O2. The average Bonchev–Trinajstić information content (AvgIpc) is 3.78. The lowest BCUT2D eigenvalue weighted by atomic mass is 9.79. The summed E-state index contributed by atoms with van der Waals surface area (Å²) in [5, 5.41) is 12.2. The van der Waals surface area contributed by atoms with Crippen molar-refractivity contribution in [2.45, 2.75) is 75.5 Å². The molecule has 0 radical (unpaired) electrons. The molecule has 7 rings (SSSR count). The third-order valence-electron chi connectivity index (χ3n) is 8.95. The molecule has 1 aromatic carbocycles. The lowest BCUT2D eigenvalue weighted by molar-refractivity contribution is 0.00448. The van der Waals surface area contributed by atoms with Crippen LogP contribution in [0.1, 0.15) is 68.7 Å². The van der Waals surface area contributed by atoms with Gasteiger partial charge in [0.25, 0.3) is 0 Å². The maximum Gasteiger partial charge on any atom is 0.317 e. The van der Waals surface area contributed by atoms with Crippen molar-refractivity contribution in [3.8, 4) is 17.0 Å². The van der Waals surface area contributed by atoms with E-state index in [1.807, 2.05) is 11.0 Å². The first kappa shape index (κ1) is 20.8. The Bertz CT molecular complexity index is 1120. The number of carbonyl (C=O) groups is 1. The summed E-state index contributed by atoms with van der Waals surface area (Å²) in [7, 11) is 0. The van der Waals surface area contributed by atoms with Crippen molar-refractivity contribution in [3.05, 3.63) is 35.5 Å². The van der Waals surface area contributed by atoms with E-state index in [1.165, 1.54) is 43.4 Å². The quantitative estimate of drug-likeness (QED) is 0.721. The van der Waals surface area contributed by atoms with Crippen molar-refractivity contribution in [2.24, 2.45) is 5.92 Å². The Labute approximate surface area is 201 Å². The van der Waals surface area contributed by atoms with Crippen LogP contribution in [0.5, 0.6) is 5.75 Å². The van der Waals surface area contributed by atoms with Gasteiger partial charge in [-0.05, 0) is 70.0 Å². The van der Waals surface area contributed by atoms with Crippen LogP contribution in [0.25, 0.3) is 11.3 Å². The number of rotatable bonds is 3. The van der Waals surface area contributed by atoms with E-state index in [1.54, 1.807) is 0 Å². The van der Waals surface area contributed by atoms with E-state index < -0.39 is 5.60 Å². The van der Waals surface area contributed by atoms with Crippen LogP contribution in [0.4, 0.5) is 4.79 Å². The summed E-state index contributed by atoms with van der Waals surface area (Å²) in [6, 6.07) is 8.86. The highest BCUT2D eigenvalue weighted by Gasteiger charge is 2.50. The molecular weight excluding hydrogens is 426 g/mol. The van der Waals surface area contributed by atoms with Crippen molar-refractivity contribution >= 4 is 6.03 Å². The van der Waals surface area contributed by atoms with E-state index in [9.17, 15) is 4.79 Å². The summed E-state index contributed by atoms with van der Waals surface area (Å²) < 4.78 is 9.16. The minimum Gasteiger partial charge on any atom is -0.482 e. The first-order chi connectivity index (χ1) is 16.6. The number of para-hydroxylation sites is 1. The molecule has 34 heavy (non-hydrogen) atoms. The number of likely N-dealkylation sites (tertiary alicyclic amines) is 1. The van der Waals surface area contributed by atoms with Crippen LogP contribution in [0, 0.1) is 12.8 Å². The predicted octanol–water partition coefficient (Wildman–Crippen LogP) is 4.12. The molecule has 2 saturated heterocycles. The first-order valence-corrected chi connectivity index (χ1v) is 13.2. The highest BCUT2D eigenvalue weighted by Crippen LogP contribution is 2.52. The summed E-state index contributed by atoms with van der Waals surface area (Å²) in [4.78, 5) is 14.7. The summed E-state index contributed by atoms with van der Waals surface area (Å²) in [5.41, 5.74) is 4.64. The summed E-state index contributed by atoms with van der Waals surface area (Å²) in [6.07, 6.45) is 8.96. The molecule has 2 amide bonds. The number of piperidine rings is 2. The van der Waals surface area contributed by atoms with Crippen LogP contribution in [0.15, 0.2) is 24.3 Å². The maximum absolute atomic E-state index is 12.7. The van der Waals surface area contributed by atoms with Crippen LogP contribution in [0.3, 0.4) is 0 Å². The van der Waals surface area contributed by atoms with Crippen molar-refractivity contribution < 1.29 is 9.53 Å². The maximum atomic E-state index is 12.7. The Balaban J connectivity index is 1.21. The Morgan fingerprint density at radius 3 is 2.74 bits per heavy atom. The summed E-state index contributed by atoms with van der Waals surface area (Å²) in [6.45, 7) is 5.54. The van der Waals surface area contributed by atoms with Gasteiger partial charge in [0.15, 0.2) is 0 Å². The van der Waals surface area contributed by atoms with E-state index in [-0.39, 0.29) is 6.03 Å². The number of urea groups is 1. The van der Waals surface area contributed by atoms with Crippen LogP contribution in [-0.2, 0) is 5.60 Å². The first-order valence-electron chi connectivity index (χ1n) is 13.2. The fraction of sp³-hybridized carbons (Fsp3) is 0.630. The van der Waals surface area contributed by atoms with Gasteiger partial charge in [0.2, 0.25) is 0 Å². The molecule has 2 aromatic rings. The second-order valence-electron chi connectivity index (χ2n) is 11.3. The molecule has 2 N–H and O–H groups in total. The van der Waals surface area contributed by atoms with E-state index in [0.717, 1.165) is 49.4 Å². The van der Waals surface area contributed by atoms with Crippen LogP contribution >= 0.6 is 0 Å². The average molecular weight is 462 g/mol. The van der Waals surface area contributed by atoms with Gasteiger partial charge in [0, 0.05) is 54.8 Å². The second kappa shape index (κ2) is 7.48.